The molecule has 0 aliphatic carbocycles. The molecule has 0 saturated heterocycles. The van der Waals surface area contributed by atoms with E-state index in [0.29, 0.717) is 0 Å². The van der Waals surface area contributed by atoms with E-state index < -0.39 is 0 Å². The van der Waals surface area contributed by atoms with Crippen LogP contribution < -0.4 is 5.32 Å². The van der Waals surface area contributed by atoms with Gasteiger partial charge in [0.05, 0.1) is 6.54 Å². The minimum atomic E-state index is 0.915. The summed E-state index contributed by atoms with van der Waals surface area (Å²) in [7, 11) is 1.99. The van der Waals surface area contributed by atoms with Crippen molar-refractivity contribution in [1.82, 2.24) is 9.88 Å². The largest absolute Gasteiger partial charge is 0.342 e. The number of rotatable bonds is 4. The third-order valence-corrected chi connectivity index (χ3v) is 4.01. The summed E-state index contributed by atoms with van der Waals surface area (Å²) in [5.74, 6) is 0. The molecule has 92 valence electrons. The molecule has 2 aromatic heterocycles. The molecule has 0 fully saturated rings. The van der Waals surface area contributed by atoms with Crippen molar-refractivity contribution in [3.05, 3.63) is 58.4 Å². The first kappa shape index (κ1) is 11.5. The number of nitrogens with zero attached hydrogens (tertiary/aromatic N) is 1. The van der Waals surface area contributed by atoms with Gasteiger partial charge in [0.25, 0.3) is 0 Å². The summed E-state index contributed by atoms with van der Waals surface area (Å²) in [5.41, 5.74) is 2.68. The smallest absolute Gasteiger partial charge is 0.0569 e. The number of benzene rings is 1. The van der Waals surface area contributed by atoms with Gasteiger partial charge in [0.15, 0.2) is 0 Å². The molecule has 0 aliphatic heterocycles. The van der Waals surface area contributed by atoms with E-state index in [2.05, 4.69) is 57.9 Å². The molecule has 3 rings (SSSR count). The van der Waals surface area contributed by atoms with Crippen LogP contribution in [0.15, 0.2) is 48.0 Å². The Morgan fingerprint density at radius 2 is 2.06 bits per heavy atom. The second kappa shape index (κ2) is 4.96. The Morgan fingerprint density at radius 3 is 2.83 bits per heavy atom. The fourth-order valence-electron chi connectivity index (χ4n) is 2.36. The predicted octanol–water partition coefficient (Wildman–Crippen LogP) is 3.47. The molecule has 1 aromatic carbocycles. The molecular weight excluding hydrogens is 240 g/mol. The van der Waals surface area contributed by atoms with Crippen molar-refractivity contribution in [2.75, 3.05) is 7.05 Å². The molecule has 18 heavy (non-hydrogen) atoms. The molecule has 0 amide bonds. The van der Waals surface area contributed by atoms with Gasteiger partial charge in [-0.05, 0) is 30.1 Å². The fourth-order valence-corrected chi connectivity index (χ4v) is 3.06. The standard InChI is InChI=1S/C15H16N2S/c1-16-9-12-10-17(11-13-5-4-8-18-13)15-7-3-2-6-14(12)15/h2-8,10,16H,9,11H2,1H3. The average molecular weight is 256 g/mol. The van der Waals surface area contributed by atoms with Gasteiger partial charge < -0.3 is 9.88 Å². The topological polar surface area (TPSA) is 17.0 Å². The van der Waals surface area contributed by atoms with Gasteiger partial charge >= 0.3 is 0 Å². The number of hydrogen-bond acceptors (Lipinski definition) is 2. The highest BCUT2D eigenvalue weighted by molar-refractivity contribution is 7.09. The van der Waals surface area contributed by atoms with Crippen molar-refractivity contribution in [2.24, 2.45) is 0 Å². The molecule has 0 radical (unpaired) electrons. The third-order valence-electron chi connectivity index (χ3n) is 3.14. The molecule has 0 aliphatic rings. The lowest BCUT2D eigenvalue weighted by Gasteiger charge is -2.02. The summed E-state index contributed by atoms with van der Waals surface area (Å²) in [5, 5.41) is 6.72. The van der Waals surface area contributed by atoms with Crippen LogP contribution in [0.5, 0.6) is 0 Å². The second-order valence-corrected chi connectivity index (χ2v) is 5.44. The Kier molecular flexibility index (Phi) is 3.17. The van der Waals surface area contributed by atoms with Gasteiger partial charge in [-0.15, -0.1) is 11.3 Å². The second-order valence-electron chi connectivity index (χ2n) is 4.41. The highest BCUT2D eigenvalue weighted by Crippen LogP contribution is 2.23. The van der Waals surface area contributed by atoms with E-state index in [0.717, 1.165) is 13.1 Å². The molecule has 0 saturated carbocycles. The van der Waals surface area contributed by atoms with Crippen molar-refractivity contribution in [3.63, 3.8) is 0 Å². The van der Waals surface area contributed by atoms with E-state index in [1.807, 2.05) is 18.4 Å². The Bertz CT molecular complexity index is 638. The number of thiophene rings is 1. The van der Waals surface area contributed by atoms with Crippen LogP contribution in [0.4, 0.5) is 0 Å². The number of para-hydroxylation sites is 1. The highest BCUT2D eigenvalue weighted by atomic mass is 32.1. The maximum absolute atomic E-state index is 3.24. The van der Waals surface area contributed by atoms with Crippen molar-refractivity contribution in [2.45, 2.75) is 13.1 Å². The monoisotopic (exact) mass is 256 g/mol. The Labute approximate surface area is 111 Å². The van der Waals surface area contributed by atoms with Gasteiger partial charge in [-0.25, -0.2) is 0 Å². The Hall–Kier alpha value is -1.58. The van der Waals surface area contributed by atoms with Crippen molar-refractivity contribution in [1.29, 1.82) is 0 Å². The van der Waals surface area contributed by atoms with Crippen molar-refractivity contribution < 1.29 is 0 Å². The summed E-state index contributed by atoms with van der Waals surface area (Å²) in [6.45, 7) is 1.87. The molecule has 0 spiro atoms. The van der Waals surface area contributed by atoms with Crippen LogP contribution in [0.3, 0.4) is 0 Å². The zero-order valence-corrected chi connectivity index (χ0v) is 11.2. The van der Waals surface area contributed by atoms with Crippen LogP contribution in [-0.2, 0) is 13.1 Å². The van der Waals surface area contributed by atoms with E-state index in [1.165, 1.54) is 21.3 Å². The van der Waals surface area contributed by atoms with E-state index >= 15 is 0 Å². The van der Waals surface area contributed by atoms with E-state index in [-0.39, 0.29) is 0 Å². The minimum Gasteiger partial charge on any atom is -0.342 e. The first-order chi connectivity index (χ1) is 8.88. The third kappa shape index (κ3) is 2.07. The number of nitrogens with one attached hydrogen (secondary N) is 1. The molecule has 3 aromatic rings. The SMILES string of the molecule is CNCc1cn(Cc2cccs2)c2ccccc12. The van der Waals surface area contributed by atoms with Crippen LogP contribution in [0.1, 0.15) is 10.4 Å². The maximum Gasteiger partial charge on any atom is 0.0569 e. The van der Waals surface area contributed by atoms with Gasteiger partial charge in [-0.2, -0.15) is 0 Å². The first-order valence-electron chi connectivity index (χ1n) is 6.12. The normalized spacial score (nSPS) is 11.2. The predicted molar refractivity (Wildman–Crippen MR) is 78.1 cm³/mol. The Morgan fingerprint density at radius 1 is 1.17 bits per heavy atom. The molecular formula is C15H16N2S. The van der Waals surface area contributed by atoms with E-state index in [4.69, 9.17) is 0 Å². The summed E-state index contributed by atoms with van der Waals surface area (Å²) in [4.78, 5) is 1.40. The highest BCUT2D eigenvalue weighted by Gasteiger charge is 2.07. The summed E-state index contributed by atoms with van der Waals surface area (Å²) in [6, 6.07) is 12.9. The number of fused-ring (bicyclic) bond motifs is 1. The van der Waals surface area contributed by atoms with Crippen LogP contribution in [0.25, 0.3) is 10.9 Å². The summed E-state index contributed by atoms with van der Waals surface area (Å²) >= 11 is 1.81. The molecule has 3 heteroatoms. The zero-order chi connectivity index (χ0) is 12.4. The van der Waals surface area contributed by atoms with Crippen LogP contribution >= 0.6 is 11.3 Å². The van der Waals surface area contributed by atoms with Crippen molar-refractivity contribution in [3.8, 4) is 0 Å². The molecule has 0 atom stereocenters. The molecule has 2 heterocycles. The lowest BCUT2D eigenvalue weighted by atomic mass is 10.2. The fraction of sp³-hybridized carbons (Fsp3) is 0.200. The van der Waals surface area contributed by atoms with Crippen LogP contribution in [-0.4, -0.2) is 11.6 Å². The Balaban J connectivity index is 2.05. The van der Waals surface area contributed by atoms with Crippen molar-refractivity contribution >= 4 is 22.2 Å². The van der Waals surface area contributed by atoms with E-state index in [9.17, 15) is 0 Å². The zero-order valence-electron chi connectivity index (χ0n) is 10.4. The molecule has 2 nitrogen and oxygen atoms in total. The lowest BCUT2D eigenvalue weighted by Crippen LogP contribution is -2.04. The minimum absolute atomic E-state index is 0.915. The van der Waals surface area contributed by atoms with Gasteiger partial charge in [-0.3, -0.25) is 0 Å². The molecule has 0 bridgehead atoms. The van der Waals surface area contributed by atoms with Gasteiger partial charge in [0, 0.05) is 28.5 Å². The summed E-state index contributed by atoms with van der Waals surface area (Å²) in [6.07, 6.45) is 2.26. The quantitative estimate of drug-likeness (QED) is 0.756. The lowest BCUT2D eigenvalue weighted by molar-refractivity contribution is 0.800. The number of hydrogen-bond donors (Lipinski definition) is 1. The van der Waals surface area contributed by atoms with Crippen LogP contribution in [0.2, 0.25) is 0 Å². The van der Waals surface area contributed by atoms with Gasteiger partial charge in [-0.1, -0.05) is 24.3 Å². The summed E-state index contributed by atoms with van der Waals surface area (Å²) < 4.78 is 2.34. The number of aromatic nitrogens is 1. The van der Waals surface area contributed by atoms with Crippen LogP contribution in [0, 0.1) is 0 Å². The molecule has 1 N–H and O–H groups in total. The average Bonchev–Trinajstić information content (AvgIpc) is 3.00. The van der Waals surface area contributed by atoms with Gasteiger partial charge in [0.2, 0.25) is 0 Å². The van der Waals surface area contributed by atoms with E-state index in [1.54, 1.807) is 0 Å². The first-order valence-corrected chi connectivity index (χ1v) is 7.00. The molecule has 0 unspecified atom stereocenters. The maximum atomic E-state index is 3.24. The van der Waals surface area contributed by atoms with Gasteiger partial charge in [0.1, 0.15) is 0 Å².